The van der Waals surface area contributed by atoms with E-state index in [1.807, 2.05) is 29.6 Å². The third kappa shape index (κ3) is 3.46. The molecule has 0 atom stereocenters. The number of hydrogen-bond acceptors (Lipinski definition) is 5. The van der Waals surface area contributed by atoms with Gasteiger partial charge in [-0.1, -0.05) is 0 Å². The molecule has 0 saturated carbocycles. The zero-order valence-corrected chi connectivity index (χ0v) is 13.0. The summed E-state index contributed by atoms with van der Waals surface area (Å²) < 4.78 is 5.12. The molecule has 0 radical (unpaired) electrons. The Kier molecular flexibility index (Phi) is 4.20. The number of carbonyl (C=O) groups excluding carboxylic acids is 1. The molecule has 2 heterocycles. The molecule has 116 valence electrons. The number of pyridine rings is 1. The van der Waals surface area contributed by atoms with Crippen molar-refractivity contribution in [3.8, 4) is 17.0 Å². The lowest BCUT2D eigenvalue weighted by atomic mass is 10.2. The first-order valence-corrected chi connectivity index (χ1v) is 7.64. The van der Waals surface area contributed by atoms with E-state index in [2.05, 4.69) is 15.3 Å². The van der Waals surface area contributed by atoms with Gasteiger partial charge in [0.05, 0.1) is 18.4 Å². The van der Waals surface area contributed by atoms with Gasteiger partial charge >= 0.3 is 0 Å². The highest BCUT2D eigenvalue weighted by molar-refractivity contribution is 7.14. The molecular formula is C16H13N3O3S. The number of nitrogens with one attached hydrogen (secondary N) is 2. The molecule has 1 amide bonds. The second-order valence-electron chi connectivity index (χ2n) is 4.66. The van der Waals surface area contributed by atoms with E-state index < -0.39 is 0 Å². The molecule has 0 fully saturated rings. The van der Waals surface area contributed by atoms with Crippen LogP contribution in [-0.2, 0) is 0 Å². The first-order chi connectivity index (χ1) is 11.2. The molecule has 3 rings (SSSR count). The molecule has 0 unspecified atom stereocenters. The summed E-state index contributed by atoms with van der Waals surface area (Å²) >= 11 is 1.33. The number of aromatic nitrogens is 2. The second kappa shape index (κ2) is 6.45. The van der Waals surface area contributed by atoms with Gasteiger partial charge in [0.2, 0.25) is 5.56 Å². The number of H-pyrrole nitrogens is 1. The van der Waals surface area contributed by atoms with Crippen molar-refractivity contribution in [1.29, 1.82) is 0 Å². The van der Waals surface area contributed by atoms with Crippen molar-refractivity contribution in [1.82, 2.24) is 9.97 Å². The lowest BCUT2D eigenvalue weighted by molar-refractivity contribution is 0.102. The Balaban J connectivity index is 1.74. The monoisotopic (exact) mass is 327 g/mol. The van der Waals surface area contributed by atoms with Gasteiger partial charge in [-0.15, -0.1) is 11.3 Å². The zero-order valence-electron chi connectivity index (χ0n) is 12.2. The van der Waals surface area contributed by atoms with E-state index in [9.17, 15) is 9.59 Å². The van der Waals surface area contributed by atoms with Gasteiger partial charge < -0.3 is 9.72 Å². The number of aromatic amines is 1. The summed E-state index contributed by atoms with van der Waals surface area (Å²) in [5.41, 5.74) is 1.82. The normalized spacial score (nSPS) is 10.3. The van der Waals surface area contributed by atoms with Crippen LogP contribution >= 0.6 is 11.3 Å². The van der Waals surface area contributed by atoms with E-state index in [0.29, 0.717) is 10.7 Å². The average molecular weight is 327 g/mol. The van der Waals surface area contributed by atoms with E-state index in [1.54, 1.807) is 7.11 Å². The Morgan fingerprint density at radius 1 is 1.22 bits per heavy atom. The van der Waals surface area contributed by atoms with Crippen molar-refractivity contribution < 1.29 is 9.53 Å². The van der Waals surface area contributed by atoms with Crippen LogP contribution in [-0.4, -0.2) is 23.0 Å². The van der Waals surface area contributed by atoms with Crippen LogP contribution in [0.4, 0.5) is 5.13 Å². The molecule has 0 aliphatic rings. The molecule has 3 aromatic rings. The quantitative estimate of drug-likeness (QED) is 0.772. The minimum Gasteiger partial charge on any atom is -0.497 e. The molecule has 1 aromatic carbocycles. The molecule has 2 N–H and O–H groups in total. The predicted octanol–water partition coefficient (Wildman–Crippen LogP) is 2.76. The summed E-state index contributed by atoms with van der Waals surface area (Å²) in [5, 5.41) is 5.07. The van der Waals surface area contributed by atoms with Gasteiger partial charge in [0, 0.05) is 23.2 Å². The molecule has 2 aromatic heterocycles. The summed E-state index contributed by atoms with van der Waals surface area (Å²) in [6, 6.07) is 10.3. The molecule has 0 bridgehead atoms. The fourth-order valence-corrected chi connectivity index (χ4v) is 2.66. The minimum absolute atomic E-state index is 0.252. The Morgan fingerprint density at radius 2 is 2.00 bits per heavy atom. The smallest absolute Gasteiger partial charge is 0.258 e. The summed E-state index contributed by atoms with van der Waals surface area (Å²) in [6.07, 6.45) is 1.37. The van der Waals surface area contributed by atoms with E-state index in [-0.39, 0.29) is 11.5 Å². The highest BCUT2D eigenvalue weighted by Gasteiger charge is 2.10. The third-order valence-electron chi connectivity index (χ3n) is 3.16. The van der Waals surface area contributed by atoms with Crippen molar-refractivity contribution in [2.45, 2.75) is 0 Å². The SMILES string of the molecule is COc1ccc(-c2csc(NC(=O)c3ccc(=O)[nH]c3)n2)cc1. The number of methoxy groups -OCH3 is 1. The van der Waals surface area contributed by atoms with Crippen LogP contribution in [0.1, 0.15) is 10.4 Å². The number of anilines is 1. The van der Waals surface area contributed by atoms with Gasteiger partial charge in [-0.05, 0) is 30.3 Å². The number of ether oxygens (including phenoxy) is 1. The minimum atomic E-state index is -0.322. The number of amides is 1. The van der Waals surface area contributed by atoms with E-state index in [1.165, 1.54) is 29.7 Å². The third-order valence-corrected chi connectivity index (χ3v) is 3.91. The topological polar surface area (TPSA) is 84.1 Å². The number of thiazole rings is 1. The van der Waals surface area contributed by atoms with Gasteiger partial charge in [0.15, 0.2) is 5.13 Å². The lowest BCUT2D eigenvalue weighted by Crippen LogP contribution is -2.14. The molecule has 0 aliphatic heterocycles. The van der Waals surface area contributed by atoms with Crippen LogP contribution in [0.3, 0.4) is 0 Å². The second-order valence-corrected chi connectivity index (χ2v) is 5.52. The molecule has 23 heavy (non-hydrogen) atoms. The van der Waals surface area contributed by atoms with Crippen LogP contribution < -0.4 is 15.6 Å². The Bertz CT molecular complexity index is 864. The summed E-state index contributed by atoms with van der Waals surface area (Å²) in [7, 11) is 1.61. The van der Waals surface area contributed by atoms with Gasteiger partial charge in [-0.25, -0.2) is 4.98 Å². The summed E-state index contributed by atoms with van der Waals surface area (Å²) in [6.45, 7) is 0. The predicted molar refractivity (Wildman–Crippen MR) is 89.1 cm³/mol. The number of hydrogen-bond donors (Lipinski definition) is 2. The zero-order chi connectivity index (χ0) is 16.2. The highest BCUT2D eigenvalue weighted by atomic mass is 32.1. The van der Waals surface area contributed by atoms with Gasteiger partial charge in [0.25, 0.3) is 5.91 Å². The van der Waals surface area contributed by atoms with Crippen molar-refractivity contribution in [2.75, 3.05) is 12.4 Å². The van der Waals surface area contributed by atoms with Crippen molar-refractivity contribution >= 4 is 22.4 Å². The summed E-state index contributed by atoms with van der Waals surface area (Å²) in [5.74, 6) is 0.451. The standard InChI is InChI=1S/C16H13N3O3S/c1-22-12-5-2-10(3-6-12)13-9-23-16(18-13)19-15(21)11-4-7-14(20)17-8-11/h2-9H,1H3,(H,17,20)(H,18,19,21). The maximum Gasteiger partial charge on any atom is 0.258 e. The largest absolute Gasteiger partial charge is 0.497 e. The number of carbonyl (C=O) groups is 1. The maximum atomic E-state index is 12.1. The van der Waals surface area contributed by atoms with E-state index >= 15 is 0 Å². The Hall–Kier alpha value is -2.93. The number of rotatable bonds is 4. The van der Waals surface area contributed by atoms with Crippen molar-refractivity contribution in [3.63, 3.8) is 0 Å². The average Bonchev–Trinajstić information content (AvgIpc) is 3.04. The molecule has 7 heteroatoms. The summed E-state index contributed by atoms with van der Waals surface area (Å²) in [4.78, 5) is 29.9. The van der Waals surface area contributed by atoms with Crippen molar-refractivity contribution in [3.05, 3.63) is 63.9 Å². The van der Waals surface area contributed by atoms with Crippen LogP contribution in [0.5, 0.6) is 5.75 Å². The van der Waals surface area contributed by atoms with Gasteiger partial charge in [-0.2, -0.15) is 0 Å². The van der Waals surface area contributed by atoms with Gasteiger partial charge in [0.1, 0.15) is 5.75 Å². The number of benzene rings is 1. The molecular weight excluding hydrogens is 314 g/mol. The van der Waals surface area contributed by atoms with E-state index in [4.69, 9.17) is 4.74 Å². The van der Waals surface area contributed by atoms with Crippen LogP contribution in [0.2, 0.25) is 0 Å². The van der Waals surface area contributed by atoms with Gasteiger partial charge in [-0.3, -0.25) is 14.9 Å². The molecule has 0 spiro atoms. The lowest BCUT2D eigenvalue weighted by Gasteiger charge is -2.01. The fourth-order valence-electron chi connectivity index (χ4n) is 1.95. The van der Waals surface area contributed by atoms with Crippen LogP contribution in [0, 0.1) is 0 Å². The molecule has 6 nitrogen and oxygen atoms in total. The molecule has 0 aliphatic carbocycles. The van der Waals surface area contributed by atoms with Crippen molar-refractivity contribution in [2.24, 2.45) is 0 Å². The maximum absolute atomic E-state index is 12.1. The first-order valence-electron chi connectivity index (χ1n) is 6.76. The molecule has 0 saturated heterocycles. The Labute approximate surface area is 135 Å². The van der Waals surface area contributed by atoms with E-state index in [0.717, 1.165) is 17.0 Å². The van der Waals surface area contributed by atoms with Crippen LogP contribution in [0.15, 0.2) is 52.8 Å². The highest BCUT2D eigenvalue weighted by Crippen LogP contribution is 2.26. The van der Waals surface area contributed by atoms with Crippen LogP contribution in [0.25, 0.3) is 11.3 Å². The first kappa shape index (κ1) is 15.0. The Morgan fingerprint density at radius 3 is 2.65 bits per heavy atom. The fraction of sp³-hybridized carbons (Fsp3) is 0.0625. The number of nitrogens with zero attached hydrogens (tertiary/aromatic N) is 1.